The Morgan fingerprint density at radius 2 is 1.02 bits per heavy atom. The Bertz CT molecular complexity index is 2430. The molecule has 0 spiro atoms. The Morgan fingerprint density at radius 1 is 0.633 bits per heavy atom. The topological polar surface area (TPSA) is 235 Å². The van der Waals surface area contributed by atoms with Crippen molar-refractivity contribution in [3.8, 4) is 0 Å². The molecule has 0 aliphatic heterocycles. The monoisotopic (exact) mass is 748 g/mol. The zero-order chi connectivity index (χ0) is 35.4. The highest BCUT2D eigenvalue weighted by Crippen LogP contribution is 2.27. The van der Waals surface area contributed by atoms with Crippen molar-refractivity contribution in [3.63, 3.8) is 0 Å². The average Bonchev–Trinajstić information content (AvgIpc) is 2.99. The minimum Gasteiger partial charge on any atom is -0.322 e. The third-order valence-corrected chi connectivity index (χ3v) is 9.90. The van der Waals surface area contributed by atoms with Gasteiger partial charge in [-0.3, -0.25) is 18.7 Å². The van der Waals surface area contributed by atoms with Crippen LogP contribution in [0.5, 0.6) is 0 Å². The van der Waals surface area contributed by atoms with Gasteiger partial charge >= 0.3 is 0 Å². The average molecular weight is 749 g/mol. The predicted molar refractivity (Wildman–Crippen MR) is 184 cm³/mol. The van der Waals surface area contributed by atoms with Gasteiger partial charge in [-0.15, -0.1) is 0 Å². The molecule has 0 saturated carbocycles. The van der Waals surface area contributed by atoms with Crippen LogP contribution in [0.3, 0.4) is 0 Å². The van der Waals surface area contributed by atoms with E-state index in [0.29, 0.717) is 5.56 Å². The summed E-state index contributed by atoms with van der Waals surface area (Å²) in [5, 5.41) is 5.84. The maximum absolute atomic E-state index is 12.7. The molecule has 4 aromatic rings. The molecule has 0 fully saturated rings. The molecule has 0 aliphatic rings. The molecule has 0 aromatic heterocycles. The normalized spacial score (nSPS) is 11.7. The second kappa shape index (κ2) is 15.1. The molecule has 14 nitrogen and oxygen atoms in total. The third-order valence-electron chi connectivity index (χ3n) is 6.49. The Labute approximate surface area is 284 Å². The van der Waals surface area contributed by atoms with Crippen molar-refractivity contribution in [1.82, 2.24) is 0 Å². The van der Waals surface area contributed by atoms with Crippen molar-refractivity contribution in [2.45, 2.75) is 22.1 Å². The van der Waals surface area contributed by atoms with Gasteiger partial charge in [-0.05, 0) is 77.4 Å². The van der Waals surface area contributed by atoms with Crippen molar-refractivity contribution in [1.29, 1.82) is 0 Å². The van der Waals surface area contributed by atoms with E-state index >= 15 is 0 Å². The van der Waals surface area contributed by atoms with Gasteiger partial charge in [0.05, 0.1) is 10.3 Å². The molecule has 0 saturated heterocycles. The molecule has 49 heavy (non-hydrogen) atoms. The molecule has 0 aliphatic carbocycles. The fourth-order valence-corrected chi connectivity index (χ4v) is 6.64. The summed E-state index contributed by atoms with van der Waals surface area (Å²) in [6, 6.07) is 17.4. The van der Waals surface area contributed by atoms with E-state index in [-0.39, 0.29) is 46.0 Å². The Balaban J connectivity index is 0.00000650. The molecular formula is C31H28N2O12S4. The minimum absolute atomic E-state index is 0. The third kappa shape index (κ3) is 10.3. The first-order valence-corrected chi connectivity index (χ1v) is 19.1. The van der Waals surface area contributed by atoms with Gasteiger partial charge in [0, 0.05) is 28.8 Å². The molecule has 2 amide bonds. The van der Waals surface area contributed by atoms with Gasteiger partial charge in [-0.25, -0.2) is 8.42 Å². The molecule has 0 atom stereocenters. The van der Waals surface area contributed by atoms with Gasteiger partial charge in [0.25, 0.3) is 32.1 Å². The standard InChI is InChI=1S/C30H24N2O12S4.CH4/c1-46(37,38)26-14-10-23(11-15-26)30(34)32-25-13-9-21(28(17-25)48(42,43)44)7-6-20-8-12-24(16-27(20)47(39,40)41)31-29(33)22-4-2-19(3-5-22)18-45(35)36;/h2-18H,1H3,(H,31,33)(H,32,34)(H,39,40,41)(H,42,43,44);1H4. The van der Waals surface area contributed by atoms with Crippen LogP contribution in [0.1, 0.15) is 44.8 Å². The van der Waals surface area contributed by atoms with E-state index in [0.717, 1.165) is 35.9 Å². The number of carbonyl (C=O) groups excluding carboxylic acids is 2. The number of sulfone groups is 1. The summed E-state index contributed by atoms with van der Waals surface area (Å²) in [7, 11) is -15.7. The van der Waals surface area contributed by atoms with Gasteiger partial charge in [0.1, 0.15) is 9.79 Å². The quantitative estimate of drug-likeness (QED) is 0.103. The minimum atomic E-state index is -4.89. The van der Waals surface area contributed by atoms with Gasteiger partial charge < -0.3 is 10.6 Å². The zero-order valence-electron chi connectivity index (χ0n) is 24.4. The molecule has 4 aromatic carbocycles. The first-order valence-electron chi connectivity index (χ1n) is 13.2. The molecular weight excluding hydrogens is 721 g/mol. The highest BCUT2D eigenvalue weighted by molar-refractivity contribution is 7.90. The molecule has 0 unspecified atom stereocenters. The number of carbonyl (C=O) groups is 2. The van der Waals surface area contributed by atoms with Crippen LogP contribution in [0.15, 0.2) is 99.6 Å². The lowest BCUT2D eigenvalue weighted by atomic mass is 10.1. The van der Waals surface area contributed by atoms with E-state index in [2.05, 4.69) is 10.6 Å². The van der Waals surface area contributed by atoms with Crippen LogP contribution in [0.4, 0.5) is 11.4 Å². The summed E-state index contributed by atoms with van der Waals surface area (Å²) in [6.45, 7) is 0. The Kier molecular flexibility index (Phi) is 11.8. The van der Waals surface area contributed by atoms with Crippen molar-refractivity contribution in [2.75, 3.05) is 16.9 Å². The van der Waals surface area contributed by atoms with E-state index in [1.807, 2.05) is 0 Å². The van der Waals surface area contributed by atoms with Crippen molar-refractivity contribution >= 4 is 81.1 Å². The van der Waals surface area contributed by atoms with Crippen molar-refractivity contribution in [2.24, 2.45) is 0 Å². The fraction of sp³-hybridized carbons (Fsp3) is 0.0645. The second-order valence-corrected chi connectivity index (χ2v) is 15.5. The first-order chi connectivity index (χ1) is 22.3. The number of anilines is 2. The fourth-order valence-electron chi connectivity index (χ4n) is 4.21. The van der Waals surface area contributed by atoms with Crippen molar-refractivity contribution < 1.29 is 52.4 Å². The van der Waals surface area contributed by atoms with Crippen LogP contribution in [0, 0.1) is 0 Å². The number of hydrogen-bond acceptors (Lipinski definition) is 10. The molecule has 18 heteroatoms. The number of nitrogens with one attached hydrogen (secondary N) is 2. The molecule has 0 heterocycles. The maximum atomic E-state index is 12.7. The number of amides is 2. The molecule has 4 rings (SSSR count). The highest BCUT2D eigenvalue weighted by atomic mass is 32.2. The van der Waals surface area contributed by atoms with E-state index in [4.69, 9.17) is 0 Å². The predicted octanol–water partition coefficient (Wildman–Crippen LogP) is 3.92. The second-order valence-electron chi connectivity index (χ2n) is 9.99. The molecule has 0 bridgehead atoms. The van der Waals surface area contributed by atoms with Crippen LogP contribution in [-0.4, -0.2) is 66.2 Å². The smallest absolute Gasteiger partial charge is 0.295 e. The van der Waals surface area contributed by atoms with Gasteiger partial charge in [-0.1, -0.05) is 43.8 Å². The summed E-state index contributed by atoms with van der Waals surface area (Å²) in [5.41, 5.74) is 0.145. The maximum Gasteiger partial charge on any atom is 0.295 e. The van der Waals surface area contributed by atoms with Crippen LogP contribution in [0.2, 0.25) is 0 Å². The lowest BCUT2D eigenvalue weighted by molar-refractivity contribution is 0.101. The van der Waals surface area contributed by atoms with E-state index in [1.165, 1.54) is 72.8 Å². The lowest BCUT2D eigenvalue weighted by Crippen LogP contribution is -2.13. The molecule has 258 valence electrons. The van der Waals surface area contributed by atoms with Crippen LogP contribution in [-0.2, 0) is 40.4 Å². The van der Waals surface area contributed by atoms with Crippen LogP contribution in [0.25, 0.3) is 12.2 Å². The Hall–Kier alpha value is -4.98. The van der Waals surface area contributed by atoms with Gasteiger partial charge in [0.15, 0.2) is 9.84 Å². The van der Waals surface area contributed by atoms with E-state index in [9.17, 15) is 52.4 Å². The number of benzene rings is 4. The zero-order valence-corrected chi connectivity index (χ0v) is 27.7. The van der Waals surface area contributed by atoms with Crippen LogP contribution < -0.4 is 10.6 Å². The van der Waals surface area contributed by atoms with Crippen molar-refractivity contribution in [3.05, 3.63) is 113 Å². The lowest BCUT2D eigenvalue weighted by Gasteiger charge is -2.11. The summed E-state index contributed by atoms with van der Waals surface area (Å²) < 4.78 is 113. The Morgan fingerprint density at radius 3 is 1.37 bits per heavy atom. The van der Waals surface area contributed by atoms with Gasteiger partial charge in [0.2, 0.25) is 10.3 Å². The number of rotatable bonds is 10. The van der Waals surface area contributed by atoms with E-state index < -0.39 is 62.0 Å². The summed E-state index contributed by atoms with van der Waals surface area (Å²) in [4.78, 5) is 24.0. The summed E-state index contributed by atoms with van der Waals surface area (Å²) >= 11 is 0. The molecule has 0 radical (unpaired) electrons. The largest absolute Gasteiger partial charge is 0.322 e. The van der Waals surface area contributed by atoms with Gasteiger partial charge in [-0.2, -0.15) is 25.3 Å². The van der Waals surface area contributed by atoms with E-state index in [1.54, 1.807) is 0 Å². The summed E-state index contributed by atoms with van der Waals surface area (Å²) in [6.07, 6.45) is 3.27. The molecule has 4 N–H and O–H groups in total. The highest BCUT2D eigenvalue weighted by Gasteiger charge is 2.19. The van der Waals surface area contributed by atoms with Crippen LogP contribution >= 0.6 is 0 Å². The SMILES string of the molecule is C.CS(=O)(=O)c1ccc(C(=O)Nc2ccc(C=Cc3ccc(NC(=O)c4ccc(C=S(=O)=O)cc4)cc3S(=O)(=O)O)c(S(=O)(=O)O)c2)cc1. The first kappa shape index (κ1) is 38.5. The number of hydrogen-bond donors (Lipinski definition) is 4. The summed E-state index contributed by atoms with van der Waals surface area (Å²) in [5.74, 6) is -1.39.